The predicted octanol–water partition coefficient (Wildman–Crippen LogP) is 0.786. The van der Waals surface area contributed by atoms with Crippen LogP contribution >= 0.6 is 0 Å². The lowest BCUT2D eigenvalue weighted by molar-refractivity contribution is -0.122. The molecule has 17 heavy (non-hydrogen) atoms. The Balaban J connectivity index is 2.07. The Hall–Kier alpha value is -0.610. The number of piperidine rings is 1. The first-order valence-electron chi connectivity index (χ1n) is 6.71. The molecule has 0 spiro atoms. The Morgan fingerprint density at radius 1 is 1.47 bits per heavy atom. The molecule has 100 valence electrons. The van der Waals surface area contributed by atoms with Gasteiger partial charge in [0.1, 0.15) is 0 Å². The van der Waals surface area contributed by atoms with Gasteiger partial charge in [-0.3, -0.25) is 9.69 Å². The summed E-state index contributed by atoms with van der Waals surface area (Å²) in [5.74, 6) is 0.920. The number of amides is 1. The lowest BCUT2D eigenvalue weighted by Gasteiger charge is -2.30. The van der Waals surface area contributed by atoms with Gasteiger partial charge in [0, 0.05) is 13.1 Å². The molecule has 0 aromatic heterocycles. The minimum atomic E-state index is 0.179. The van der Waals surface area contributed by atoms with E-state index in [1.807, 2.05) is 0 Å². The van der Waals surface area contributed by atoms with Crippen LogP contribution in [0.15, 0.2) is 0 Å². The second-order valence-corrected chi connectivity index (χ2v) is 5.49. The molecule has 1 aliphatic heterocycles. The molecule has 0 aliphatic carbocycles. The van der Waals surface area contributed by atoms with E-state index < -0.39 is 0 Å². The molecule has 1 unspecified atom stereocenters. The average molecular weight is 241 g/mol. The van der Waals surface area contributed by atoms with Gasteiger partial charge in [-0.25, -0.2) is 0 Å². The van der Waals surface area contributed by atoms with E-state index in [2.05, 4.69) is 36.1 Å². The normalized spacial score (nSPS) is 21.8. The summed E-state index contributed by atoms with van der Waals surface area (Å²) >= 11 is 0. The maximum Gasteiger partial charge on any atom is 0.234 e. The third-order valence-corrected chi connectivity index (χ3v) is 3.21. The molecule has 1 N–H and O–H groups in total. The van der Waals surface area contributed by atoms with Gasteiger partial charge in [0.15, 0.2) is 0 Å². The van der Waals surface area contributed by atoms with Crippen molar-refractivity contribution < 1.29 is 4.79 Å². The molecule has 0 aromatic carbocycles. The minimum Gasteiger partial charge on any atom is -0.355 e. The van der Waals surface area contributed by atoms with Crippen LogP contribution in [0.3, 0.4) is 0 Å². The highest BCUT2D eigenvalue weighted by Crippen LogP contribution is 2.14. The Morgan fingerprint density at radius 2 is 2.24 bits per heavy atom. The third-order valence-electron chi connectivity index (χ3n) is 3.21. The van der Waals surface area contributed by atoms with Crippen molar-refractivity contribution >= 4 is 5.91 Å². The monoisotopic (exact) mass is 241 g/mol. The second-order valence-electron chi connectivity index (χ2n) is 5.49. The summed E-state index contributed by atoms with van der Waals surface area (Å²) in [5.41, 5.74) is 0. The maximum atomic E-state index is 11.7. The first-order chi connectivity index (χ1) is 8.08. The van der Waals surface area contributed by atoms with Crippen LogP contribution in [0.5, 0.6) is 0 Å². The molecule has 1 heterocycles. The number of likely N-dealkylation sites (tertiary alicyclic amines) is 1. The zero-order valence-corrected chi connectivity index (χ0v) is 11.5. The van der Waals surface area contributed by atoms with E-state index in [9.17, 15) is 4.79 Å². The van der Waals surface area contributed by atoms with Gasteiger partial charge in [-0.05, 0) is 52.4 Å². The van der Waals surface area contributed by atoms with E-state index >= 15 is 0 Å². The van der Waals surface area contributed by atoms with Gasteiger partial charge in [0.05, 0.1) is 6.54 Å². The van der Waals surface area contributed by atoms with Gasteiger partial charge in [0.25, 0.3) is 0 Å². The van der Waals surface area contributed by atoms with Crippen LogP contribution < -0.4 is 5.32 Å². The second kappa shape index (κ2) is 7.67. The van der Waals surface area contributed by atoms with Gasteiger partial charge < -0.3 is 10.2 Å². The minimum absolute atomic E-state index is 0.179. The van der Waals surface area contributed by atoms with E-state index in [-0.39, 0.29) is 5.91 Å². The SMILES string of the molecule is CC1CCCN(CC(=O)NCCCN(C)C)C1. The van der Waals surface area contributed by atoms with E-state index in [0.717, 1.165) is 38.5 Å². The molecule has 4 heteroatoms. The molecule has 0 aromatic rings. The summed E-state index contributed by atoms with van der Waals surface area (Å²) in [6.07, 6.45) is 3.56. The van der Waals surface area contributed by atoms with Crippen LogP contribution in [-0.2, 0) is 4.79 Å². The molecule has 1 atom stereocenters. The number of nitrogens with one attached hydrogen (secondary N) is 1. The Kier molecular flexibility index (Phi) is 6.52. The summed E-state index contributed by atoms with van der Waals surface area (Å²) in [4.78, 5) is 16.1. The van der Waals surface area contributed by atoms with E-state index in [1.54, 1.807) is 0 Å². The van der Waals surface area contributed by atoms with Crippen molar-refractivity contribution in [3.63, 3.8) is 0 Å². The molecule has 0 radical (unpaired) electrons. The van der Waals surface area contributed by atoms with Crippen molar-refractivity contribution in [1.82, 2.24) is 15.1 Å². The standard InChI is InChI=1S/C13H27N3O/c1-12-6-4-9-16(10-12)11-13(17)14-7-5-8-15(2)3/h12H,4-11H2,1-3H3,(H,14,17). The van der Waals surface area contributed by atoms with Crippen LogP contribution in [0, 0.1) is 5.92 Å². The number of nitrogens with zero attached hydrogens (tertiary/aromatic N) is 2. The number of hydrogen-bond donors (Lipinski definition) is 1. The molecule has 1 aliphatic rings. The van der Waals surface area contributed by atoms with Crippen LogP contribution in [0.4, 0.5) is 0 Å². The summed E-state index contributed by atoms with van der Waals surface area (Å²) in [7, 11) is 4.11. The first kappa shape index (κ1) is 14.5. The summed E-state index contributed by atoms with van der Waals surface area (Å²) in [6, 6.07) is 0. The molecule has 1 saturated heterocycles. The smallest absolute Gasteiger partial charge is 0.234 e. The lowest BCUT2D eigenvalue weighted by atomic mass is 10.0. The van der Waals surface area contributed by atoms with Gasteiger partial charge in [0.2, 0.25) is 5.91 Å². The van der Waals surface area contributed by atoms with Gasteiger partial charge in [-0.15, -0.1) is 0 Å². The van der Waals surface area contributed by atoms with E-state index in [0.29, 0.717) is 6.54 Å². The molecule has 1 fully saturated rings. The van der Waals surface area contributed by atoms with E-state index in [4.69, 9.17) is 0 Å². The number of rotatable bonds is 6. The highest BCUT2D eigenvalue weighted by molar-refractivity contribution is 5.77. The maximum absolute atomic E-state index is 11.7. The average Bonchev–Trinajstić information content (AvgIpc) is 2.24. The zero-order chi connectivity index (χ0) is 12.7. The van der Waals surface area contributed by atoms with Crippen molar-refractivity contribution in [2.45, 2.75) is 26.2 Å². The zero-order valence-electron chi connectivity index (χ0n) is 11.5. The fourth-order valence-electron chi connectivity index (χ4n) is 2.31. The summed E-state index contributed by atoms with van der Waals surface area (Å²) in [5, 5.41) is 2.99. The number of hydrogen-bond acceptors (Lipinski definition) is 3. The lowest BCUT2D eigenvalue weighted by Crippen LogP contribution is -2.42. The number of carbonyl (C=O) groups excluding carboxylic acids is 1. The fourth-order valence-corrected chi connectivity index (χ4v) is 2.31. The van der Waals surface area contributed by atoms with Crippen LogP contribution in [0.25, 0.3) is 0 Å². The Morgan fingerprint density at radius 3 is 2.88 bits per heavy atom. The molecular formula is C13H27N3O. The molecular weight excluding hydrogens is 214 g/mol. The van der Waals surface area contributed by atoms with Crippen molar-refractivity contribution in [3.8, 4) is 0 Å². The van der Waals surface area contributed by atoms with Crippen LogP contribution in [0.1, 0.15) is 26.2 Å². The molecule has 4 nitrogen and oxygen atoms in total. The van der Waals surface area contributed by atoms with Crippen molar-refractivity contribution in [1.29, 1.82) is 0 Å². The van der Waals surface area contributed by atoms with Crippen LogP contribution in [0.2, 0.25) is 0 Å². The largest absolute Gasteiger partial charge is 0.355 e. The number of carbonyl (C=O) groups is 1. The Labute approximate surface area is 105 Å². The third kappa shape index (κ3) is 6.64. The molecule has 1 amide bonds. The summed E-state index contributed by atoms with van der Waals surface area (Å²) in [6.45, 7) is 6.81. The van der Waals surface area contributed by atoms with Gasteiger partial charge >= 0.3 is 0 Å². The molecule has 0 bridgehead atoms. The van der Waals surface area contributed by atoms with Gasteiger partial charge in [-0.1, -0.05) is 6.92 Å². The highest BCUT2D eigenvalue weighted by atomic mass is 16.2. The fraction of sp³-hybridized carbons (Fsp3) is 0.923. The van der Waals surface area contributed by atoms with E-state index in [1.165, 1.54) is 12.8 Å². The van der Waals surface area contributed by atoms with Crippen molar-refractivity contribution in [2.24, 2.45) is 5.92 Å². The highest BCUT2D eigenvalue weighted by Gasteiger charge is 2.17. The first-order valence-corrected chi connectivity index (χ1v) is 6.71. The van der Waals surface area contributed by atoms with Crippen LogP contribution in [-0.4, -0.2) is 62.5 Å². The quantitative estimate of drug-likeness (QED) is 0.698. The predicted molar refractivity (Wildman–Crippen MR) is 71.0 cm³/mol. The topological polar surface area (TPSA) is 35.6 Å². The Bertz CT molecular complexity index is 231. The van der Waals surface area contributed by atoms with Crippen molar-refractivity contribution in [2.75, 3.05) is 46.8 Å². The molecule has 1 rings (SSSR count). The summed E-state index contributed by atoms with van der Waals surface area (Å²) < 4.78 is 0. The molecule has 0 saturated carbocycles. The van der Waals surface area contributed by atoms with Crippen molar-refractivity contribution in [3.05, 3.63) is 0 Å². The van der Waals surface area contributed by atoms with Gasteiger partial charge in [-0.2, -0.15) is 0 Å².